The molecule has 0 radical (unpaired) electrons. The van der Waals surface area contributed by atoms with Crippen LogP contribution in [0.25, 0.3) is 6.08 Å². The zero-order chi connectivity index (χ0) is 38.9. The molecule has 3 saturated heterocycles. The molecule has 0 spiro atoms. The van der Waals surface area contributed by atoms with Crippen molar-refractivity contribution in [3.05, 3.63) is 23.6 Å². The number of esters is 1. The molecule has 12 atom stereocenters. The average molecular weight is 732 g/mol. The average Bonchev–Trinajstić information content (AvgIpc) is 3.64. The summed E-state index contributed by atoms with van der Waals surface area (Å²) in [5, 5.41) is 6.75. The van der Waals surface area contributed by atoms with Gasteiger partial charge in [-0.3, -0.25) is 14.4 Å². The first-order valence-corrected chi connectivity index (χ1v) is 18.7. The first kappa shape index (κ1) is 41.6. The Labute approximate surface area is 308 Å². The molecule has 0 aromatic carbocycles. The molecule has 0 bridgehead atoms. The Kier molecular flexibility index (Phi) is 12.9. The molecule has 0 unspecified atom stereocenters. The second kappa shape index (κ2) is 16.1. The fourth-order valence-corrected chi connectivity index (χ4v) is 8.50. The van der Waals surface area contributed by atoms with Gasteiger partial charge in [-0.25, -0.2) is 4.79 Å². The van der Waals surface area contributed by atoms with E-state index >= 15 is 0 Å². The number of ketones is 2. The lowest BCUT2D eigenvalue weighted by molar-refractivity contribution is -0.282. The number of aromatic nitrogens is 1. The number of ether oxygens (including phenoxy) is 5. The van der Waals surface area contributed by atoms with Gasteiger partial charge in [-0.2, -0.15) is 0 Å². The summed E-state index contributed by atoms with van der Waals surface area (Å²) in [6.07, 6.45) is 1.31. The Balaban J connectivity index is 1.83. The minimum atomic E-state index is -1.63. The standard InChI is InChI=1S/C39H61N3O10/c1-14-29-39(11)31(40-36(46)51-39)25(6)30(43)21(2)20-38(10,47-17-15-16-27-18-22(3)41-52-27)33(26(7)32(44)37(8,9)35(45)49-29)50-34-24(5)28(42(12)13)19-23(4)48-34/h15-16,18,21,23-26,28-29,31,33-34H,14,17,19-20H2,1-13H3,(H,40,46)/b16-15+/t21-,23-,24-,25+,26+,28+,29-,31-,33-,34+,38+,39-/m1/s1. The second-order valence-electron chi connectivity index (χ2n) is 16.5. The van der Waals surface area contributed by atoms with Crippen molar-refractivity contribution in [1.29, 1.82) is 0 Å². The molecule has 4 heterocycles. The van der Waals surface area contributed by atoms with Crippen LogP contribution in [0.4, 0.5) is 4.79 Å². The first-order valence-electron chi connectivity index (χ1n) is 18.7. The lowest BCUT2D eigenvalue weighted by atomic mass is 9.71. The van der Waals surface area contributed by atoms with E-state index in [2.05, 4.69) is 22.3 Å². The predicted molar refractivity (Wildman–Crippen MR) is 193 cm³/mol. The predicted octanol–water partition coefficient (Wildman–Crippen LogP) is 5.52. The van der Waals surface area contributed by atoms with Gasteiger partial charge >= 0.3 is 12.1 Å². The maximum Gasteiger partial charge on any atom is 0.408 e. The van der Waals surface area contributed by atoms with E-state index in [-0.39, 0.29) is 43.3 Å². The van der Waals surface area contributed by atoms with Crippen LogP contribution in [0.1, 0.15) is 100.0 Å². The summed E-state index contributed by atoms with van der Waals surface area (Å²) in [6, 6.07) is 1.12. The Morgan fingerprint density at radius 1 is 1.04 bits per heavy atom. The van der Waals surface area contributed by atoms with Crippen LogP contribution in [-0.2, 0) is 38.1 Å². The van der Waals surface area contributed by atoms with Gasteiger partial charge in [0.1, 0.15) is 17.3 Å². The van der Waals surface area contributed by atoms with Crippen molar-refractivity contribution in [2.75, 3.05) is 20.7 Å². The molecule has 3 aliphatic rings. The number of cyclic esters (lactones) is 1. The summed E-state index contributed by atoms with van der Waals surface area (Å²) >= 11 is 0. The van der Waals surface area contributed by atoms with Crippen LogP contribution in [0.5, 0.6) is 0 Å². The van der Waals surface area contributed by atoms with Gasteiger partial charge in [0, 0.05) is 35.8 Å². The number of Topliss-reactive ketones (excluding diaryl/α,β-unsaturated/α-hetero) is 2. The number of hydrogen-bond donors (Lipinski definition) is 1. The number of carbonyl (C=O) groups excluding carboxylic acids is 4. The summed E-state index contributed by atoms with van der Waals surface area (Å²) in [4.78, 5) is 58.0. The smallest absolute Gasteiger partial charge is 0.408 e. The summed E-state index contributed by atoms with van der Waals surface area (Å²) in [5.41, 5.74) is -3.53. The van der Waals surface area contributed by atoms with Gasteiger partial charge in [-0.1, -0.05) is 45.9 Å². The number of nitrogens with one attached hydrogen (secondary N) is 1. The lowest BCUT2D eigenvalue weighted by Gasteiger charge is -2.48. The third kappa shape index (κ3) is 8.48. The molecular formula is C39H61N3O10. The third-order valence-electron chi connectivity index (χ3n) is 11.6. The highest BCUT2D eigenvalue weighted by molar-refractivity contribution is 6.04. The van der Waals surface area contributed by atoms with Gasteiger partial charge in [0.15, 0.2) is 23.4 Å². The number of fused-ring (bicyclic) bond motifs is 1. The molecule has 292 valence electrons. The number of aryl methyl sites for hydroxylation is 1. The number of nitrogens with zero attached hydrogens (tertiary/aromatic N) is 2. The van der Waals surface area contributed by atoms with Crippen molar-refractivity contribution in [2.24, 2.45) is 29.1 Å². The second-order valence-corrected chi connectivity index (χ2v) is 16.5. The molecule has 13 nitrogen and oxygen atoms in total. The van der Waals surface area contributed by atoms with E-state index in [1.165, 1.54) is 0 Å². The van der Waals surface area contributed by atoms with Crippen molar-refractivity contribution in [3.63, 3.8) is 0 Å². The molecule has 52 heavy (non-hydrogen) atoms. The van der Waals surface area contributed by atoms with Crippen LogP contribution in [0, 0.1) is 36.0 Å². The fraction of sp³-hybridized carbons (Fsp3) is 0.769. The molecule has 13 heteroatoms. The Bertz CT molecular complexity index is 1490. The van der Waals surface area contributed by atoms with Gasteiger partial charge < -0.3 is 38.4 Å². The highest BCUT2D eigenvalue weighted by Crippen LogP contribution is 2.42. The van der Waals surface area contributed by atoms with Gasteiger partial charge in [-0.15, -0.1) is 0 Å². The van der Waals surface area contributed by atoms with Gasteiger partial charge in [0.25, 0.3) is 0 Å². The van der Waals surface area contributed by atoms with Crippen molar-refractivity contribution in [1.82, 2.24) is 15.4 Å². The largest absolute Gasteiger partial charge is 0.457 e. The monoisotopic (exact) mass is 731 g/mol. The molecule has 3 aliphatic heterocycles. The number of hydrogen-bond acceptors (Lipinski definition) is 12. The number of amides is 1. The van der Waals surface area contributed by atoms with Gasteiger partial charge in [0.2, 0.25) is 0 Å². The Morgan fingerprint density at radius 2 is 1.71 bits per heavy atom. The maximum atomic E-state index is 14.7. The SMILES string of the molecule is CC[C@H]1OC(=O)C(C)(C)C(=O)[C@H](C)[C@@H](O[C@@H]2O[C@H](C)C[C@H](N(C)C)[C@H]2C)[C@@](C)(OC/C=C/c2cc(C)no2)C[C@@H](C)C(=O)[C@H](C)[C@H]2NC(=O)O[C@@]21C. The van der Waals surface area contributed by atoms with E-state index in [0.717, 1.165) is 12.1 Å². The van der Waals surface area contributed by atoms with Gasteiger partial charge in [0.05, 0.1) is 36.2 Å². The van der Waals surface area contributed by atoms with E-state index in [4.69, 9.17) is 28.2 Å². The third-order valence-corrected chi connectivity index (χ3v) is 11.6. The summed E-state index contributed by atoms with van der Waals surface area (Å²) in [7, 11) is 4.04. The Morgan fingerprint density at radius 3 is 2.31 bits per heavy atom. The number of rotatable bonds is 8. The molecule has 0 aliphatic carbocycles. The lowest BCUT2D eigenvalue weighted by Crippen LogP contribution is -2.60. The zero-order valence-corrected chi connectivity index (χ0v) is 33.3. The van der Waals surface area contributed by atoms with Crippen molar-refractivity contribution in [3.8, 4) is 0 Å². The molecule has 1 amide bonds. The van der Waals surface area contributed by atoms with Crippen LogP contribution < -0.4 is 5.32 Å². The van der Waals surface area contributed by atoms with Crippen molar-refractivity contribution >= 4 is 29.7 Å². The normalized spacial score (nSPS) is 39.2. The molecular weight excluding hydrogens is 670 g/mol. The minimum Gasteiger partial charge on any atom is -0.457 e. The number of alkyl carbamates (subject to hydrolysis) is 1. The molecule has 1 N–H and O–H groups in total. The van der Waals surface area contributed by atoms with Crippen LogP contribution >= 0.6 is 0 Å². The van der Waals surface area contributed by atoms with Crippen molar-refractivity contribution < 1.29 is 47.4 Å². The Hall–Kier alpha value is -3.13. The van der Waals surface area contributed by atoms with Crippen molar-refractivity contribution in [2.45, 2.75) is 143 Å². The minimum absolute atomic E-state index is 0.0828. The van der Waals surface area contributed by atoms with Crippen LogP contribution in [0.3, 0.4) is 0 Å². The maximum absolute atomic E-state index is 14.7. The van der Waals surface area contributed by atoms with E-state index < -0.39 is 76.8 Å². The molecule has 1 aromatic rings. The quantitative estimate of drug-likeness (QED) is 0.264. The van der Waals surface area contributed by atoms with Crippen LogP contribution in [-0.4, -0.2) is 102 Å². The summed E-state index contributed by atoms with van der Waals surface area (Å²) < 4.78 is 37.3. The van der Waals surface area contributed by atoms with Crippen LogP contribution in [0.2, 0.25) is 0 Å². The van der Waals surface area contributed by atoms with Crippen LogP contribution in [0.15, 0.2) is 16.7 Å². The highest BCUT2D eigenvalue weighted by atomic mass is 16.7. The first-order chi connectivity index (χ1) is 24.2. The zero-order valence-electron chi connectivity index (χ0n) is 33.3. The molecule has 0 saturated carbocycles. The molecule has 1 aromatic heterocycles. The molecule has 4 rings (SSSR count). The summed E-state index contributed by atoms with van der Waals surface area (Å²) in [5.74, 6) is -3.14. The fourth-order valence-electron chi connectivity index (χ4n) is 8.50. The van der Waals surface area contributed by atoms with E-state index in [1.807, 2.05) is 41.8 Å². The van der Waals surface area contributed by atoms with E-state index in [0.29, 0.717) is 5.76 Å². The van der Waals surface area contributed by atoms with E-state index in [1.54, 1.807) is 59.8 Å². The van der Waals surface area contributed by atoms with E-state index in [9.17, 15) is 19.2 Å². The van der Waals surface area contributed by atoms with Gasteiger partial charge in [-0.05, 0) is 81.0 Å². The highest BCUT2D eigenvalue weighted by Gasteiger charge is 2.58. The topological polar surface area (TPSA) is 156 Å². The molecule has 3 fully saturated rings. The number of carbonyl (C=O) groups is 4. The summed E-state index contributed by atoms with van der Waals surface area (Å²) in [6.45, 7) is 19.7.